The highest BCUT2D eigenvalue weighted by molar-refractivity contribution is 6.33. The molecule has 0 aliphatic rings. The van der Waals surface area contributed by atoms with Gasteiger partial charge in [-0.15, -0.1) is 0 Å². The second kappa shape index (κ2) is 7.86. The van der Waals surface area contributed by atoms with Crippen molar-refractivity contribution in [3.8, 4) is 5.69 Å². The summed E-state index contributed by atoms with van der Waals surface area (Å²) < 4.78 is 2.11. The van der Waals surface area contributed by atoms with Crippen LogP contribution in [0, 0.1) is 13.8 Å². The van der Waals surface area contributed by atoms with Crippen molar-refractivity contribution in [2.75, 3.05) is 5.43 Å². The molecular weight excluding hydrogens is 385 g/mol. The lowest BCUT2D eigenvalue weighted by Crippen LogP contribution is -2.00. The summed E-state index contributed by atoms with van der Waals surface area (Å²) in [5.41, 5.74) is 7.47. The molecule has 0 amide bonds. The Morgan fingerprint density at radius 3 is 2.48 bits per heavy atom. The SMILES string of the molecule is Cc1cc(C=NNc2ccc(Cl)c(C(=O)O)c2)c(C)n1-c1ccc(Cl)cc1. The molecule has 3 rings (SSSR count). The number of carbonyl (C=O) groups is 1. The number of aromatic nitrogens is 1. The van der Waals surface area contributed by atoms with Crippen LogP contribution in [0.1, 0.15) is 27.3 Å². The lowest BCUT2D eigenvalue weighted by molar-refractivity contribution is 0.0697. The maximum Gasteiger partial charge on any atom is 0.337 e. The van der Waals surface area contributed by atoms with Crippen molar-refractivity contribution in [2.24, 2.45) is 5.10 Å². The van der Waals surface area contributed by atoms with Gasteiger partial charge in [0.05, 0.1) is 22.5 Å². The molecule has 1 heterocycles. The Labute approximate surface area is 166 Å². The van der Waals surface area contributed by atoms with E-state index in [1.165, 1.54) is 12.1 Å². The van der Waals surface area contributed by atoms with Crippen molar-refractivity contribution in [2.45, 2.75) is 13.8 Å². The minimum Gasteiger partial charge on any atom is -0.478 e. The van der Waals surface area contributed by atoms with Crippen LogP contribution < -0.4 is 5.43 Å². The summed E-state index contributed by atoms with van der Waals surface area (Å²) in [6.07, 6.45) is 1.70. The Morgan fingerprint density at radius 2 is 1.81 bits per heavy atom. The fraction of sp³-hybridized carbons (Fsp3) is 0.100. The molecular formula is C20H17Cl2N3O2. The molecule has 138 valence electrons. The summed E-state index contributed by atoms with van der Waals surface area (Å²) in [5, 5.41) is 14.2. The number of hydrazone groups is 1. The van der Waals surface area contributed by atoms with E-state index in [0.717, 1.165) is 22.6 Å². The first kappa shape index (κ1) is 19.0. The summed E-state index contributed by atoms with van der Waals surface area (Å²) in [5.74, 6) is -1.08. The number of aromatic carboxylic acids is 1. The fourth-order valence-electron chi connectivity index (χ4n) is 2.84. The molecule has 0 radical (unpaired) electrons. The van der Waals surface area contributed by atoms with Crippen molar-refractivity contribution in [1.29, 1.82) is 0 Å². The van der Waals surface area contributed by atoms with Gasteiger partial charge >= 0.3 is 5.97 Å². The van der Waals surface area contributed by atoms with E-state index < -0.39 is 5.97 Å². The molecule has 0 saturated carbocycles. The number of hydrogen-bond donors (Lipinski definition) is 2. The number of nitrogens with zero attached hydrogens (tertiary/aromatic N) is 2. The molecule has 0 atom stereocenters. The van der Waals surface area contributed by atoms with Crippen molar-refractivity contribution in [3.63, 3.8) is 0 Å². The number of anilines is 1. The Kier molecular flexibility index (Phi) is 5.54. The summed E-state index contributed by atoms with van der Waals surface area (Å²) in [7, 11) is 0. The molecule has 0 aliphatic heterocycles. The predicted octanol–water partition coefficient (Wildman–Crippen LogP) is 5.55. The molecule has 0 aliphatic carbocycles. The molecule has 5 nitrogen and oxygen atoms in total. The molecule has 1 aromatic heterocycles. The second-order valence-electron chi connectivity index (χ2n) is 6.01. The third kappa shape index (κ3) is 4.15. The highest BCUT2D eigenvalue weighted by atomic mass is 35.5. The van der Waals surface area contributed by atoms with Crippen molar-refractivity contribution < 1.29 is 9.90 Å². The molecule has 0 unspecified atom stereocenters. The van der Waals surface area contributed by atoms with Crippen LogP contribution in [-0.4, -0.2) is 21.9 Å². The standard InChI is InChI=1S/C20H17Cl2N3O2/c1-12-9-14(13(2)25(12)17-6-3-15(21)4-7-17)11-23-24-16-5-8-19(22)18(10-16)20(26)27/h3-11,24H,1-2H3,(H,26,27). The van der Waals surface area contributed by atoms with Crippen LogP contribution in [-0.2, 0) is 0 Å². The van der Waals surface area contributed by atoms with E-state index in [-0.39, 0.29) is 10.6 Å². The van der Waals surface area contributed by atoms with E-state index in [0.29, 0.717) is 10.7 Å². The van der Waals surface area contributed by atoms with Gasteiger partial charge in [0.1, 0.15) is 0 Å². The molecule has 2 N–H and O–H groups in total. The topological polar surface area (TPSA) is 66.6 Å². The second-order valence-corrected chi connectivity index (χ2v) is 6.85. The molecule has 0 spiro atoms. The molecule has 0 saturated heterocycles. The van der Waals surface area contributed by atoms with E-state index in [4.69, 9.17) is 28.3 Å². The van der Waals surface area contributed by atoms with Gasteiger partial charge in [-0.25, -0.2) is 4.79 Å². The molecule has 3 aromatic rings. The van der Waals surface area contributed by atoms with Crippen molar-refractivity contribution in [3.05, 3.63) is 81.1 Å². The number of carboxylic acid groups (broad SMARTS) is 1. The van der Waals surface area contributed by atoms with E-state index in [2.05, 4.69) is 15.1 Å². The first-order valence-electron chi connectivity index (χ1n) is 8.13. The summed E-state index contributed by atoms with van der Waals surface area (Å²) in [6, 6.07) is 14.3. The van der Waals surface area contributed by atoms with E-state index >= 15 is 0 Å². The van der Waals surface area contributed by atoms with Crippen LogP contribution in [0.5, 0.6) is 0 Å². The normalized spacial score (nSPS) is 11.1. The average Bonchev–Trinajstić information content (AvgIpc) is 2.91. The molecule has 0 bridgehead atoms. The minimum absolute atomic E-state index is 0.0257. The van der Waals surface area contributed by atoms with E-state index in [1.807, 2.05) is 44.2 Å². The first-order chi connectivity index (χ1) is 12.9. The Balaban J connectivity index is 1.82. The first-order valence-corrected chi connectivity index (χ1v) is 8.89. The lowest BCUT2D eigenvalue weighted by atomic mass is 10.2. The van der Waals surface area contributed by atoms with Crippen LogP contribution in [0.15, 0.2) is 53.6 Å². The maximum absolute atomic E-state index is 11.1. The Hall–Kier alpha value is -2.76. The zero-order valence-corrected chi connectivity index (χ0v) is 16.2. The minimum atomic E-state index is -1.08. The molecule has 2 aromatic carbocycles. The van der Waals surface area contributed by atoms with Crippen LogP contribution in [0.4, 0.5) is 5.69 Å². The van der Waals surface area contributed by atoms with Gasteiger partial charge < -0.3 is 9.67 Å². The largest absolute Gasteiger partial charge is 0.478 e. The number of rotatable bonds is 5. The summed E-state index contributed by atoms with van der Waals surface area (Å²) >= 11 is 11.8. The Bertz CT molecular complexity index is 1020. The van der Waals surface area contributed by atoms with Crippen molar-refractivity contribution in [1.82, 2.24) is 4.57 Å². The number of carboxylic acids is 1. The third-order valence-electron chi connectivity index (χ3n) is 4.15. The number of nitrogens with one attached hydrogen (secondary N) is 1. The predicted molar refractivity (Wildman–Crippen MR) is 110 cm³/mol. The fourth-order valence-corrected chi connectivity index (χ4v) is 3.17. The molecule has 7 heteroatoms. The van der Waals surface area contributed by atoms with E-state index in [1.54, 1.807) is 12.3 Å². The van der Waals surface area contributed by atoms with Crippen LogP contribution in [0.2, 0.25) is 10.0 Å². The lowest BCUT2D eigenvalue weighted by Gasteiger charge is -2.09. The van der Waals surface area contributed by atoms with Gasteiger partial charge in [0.15, 0.2) is 0 Å². The van der Waals surface area contributed by atoms with Gasteiger partial charge in [0, 0.05) is 27.7 Å². The zero-order chi connectivity index (χ0) is 19.6. The molecule has 27 heavy (non-hydrogen) atoms. The van der Waals surface area contributed by atoms with Gasteiger partial charge in [-0.2, -0.15) is 5.10 Å². The van der Waals surface area contributed by atoms with E-state index in [9.17, 15) is 4.79 Å². The van der Waals surface area contributed by atoms with Gasteiger partial charge in [0.2, 0.25) is 0 Å². The molecule has 0 fully saturated rings. The van der Waals surface area contributed by atoms with Gasteiger partial charge in [-0.1, -0.05) is 23.2 Å². The van der Waals surface area contributed by atoms with Crippen molar-refractivity contribution >= 4 is 41.1 Å². The summed E-state index contributed by atoms with van der Waals surface area (Å²) in [6.45, 7) is 4.03. The third-order valence-corrected chi connectivity index (χ3v) is 4.73. The maximum atomic E-state index is 11.1. The zero-order valence-electron chi connectivity index (χ0n) is 14.7. The van der Waals surface area contributed by atoms with Gasteiger partial charge in [-0.3, -0.25) is 5.43 Å². The highest BCUT2D eigenvalue weighted by Crippen LogP contribution is 2.22. The Morgan fingerprint density at radius 1 is 1.11 bits per heavy atom. The average molecular weight is 402 g/mol. The number of aryl methyl sites for hydroxylation is 1. The van der Waals surface area contributed by atoms with Crippen LogP contribution in [0.25, 0.3) is 5.69 Å². The monoisotopic (exact) mass is 401 g/mol. The van der Waals surface area contributed by atoms with Gasteiger partial charge in [-0.05, 0) is 62.4 Å². The quantitative estimate of drug-likeness (QED) is 0.435. The van der Waals surface area contributed by atoms with Crippen LogP contribution >= 0.6 is 23.2 Å². The smallest absolute Gasteiger partial charge is 0.337 e. The number of benzene rings is 2. The van der Waals surface area contributed by atoms with Crippen LogP contribution in [0.3, 0.4) is 0 Å². The summed E-state index contributed by atoms with van der Waals surface area (Å²) in [4.78, 5) is 11.1. The highest BCUT2D eigenvalue weighted by Gasteiger charge is 2.10. The number of hydrogen-bond acceptors (Lipinski definition) is 3. The number of halogens is 2. The van der Waals surface area contributed by atoms with Gasteiger partial charge in [0.25, 0.3) is 0 Å².